The Morgan fingerprint density at radius 1 is 1.24 bits per heavy atom. The molecule has 5 nitrogen and oxygen atoms in total. The van der Waals surface area contributed by atoms with E-state index in [1.807, 2.05) is 19.1 Å². The van der Waals surface area contributed by atoms with Crippen LogP contribution in [0.1, 0.15) is 22.1 Å². The number of carbonyl (C=O) groups is 1. The number of aromatic nitrogens is 1. The Kier molecular flexibility index (Phi) is 5.16. The van der Waals surface area contributed by atoms with E-state index in [1.165, 1.54) is 0 Å². The van der Waals surface area contributed by atoms with Crippen LogP contribution in [0.5, 0.6) is 11.5 Å². The normalized spacial score (nSPS) is 11.8. The van der Waals surface area contributed by atoms with Gasteiger partial charge in [0.2, 0.25) is 0 Å². The monoisotopic (exact) mass is 307 g/mol. The van der Waals surface area contributed by atoms with Gasteiger partial charge >= 0.3 is 0 Å². The number of thiazole rings is 1. The molecular weight excluding hydrogens is 290 g/mol. The first-order valence-corrected chi connectivity index (χ1v) is 7.25. The summed E-state index contributed by atoms with van der Waals surface area (Å²) in [4.78, 5) is 15.9. The Hall–Kier alpha value is -2.08. The zero-order valence-corrected chi connectivity index (χ0v) is 13.0. The molecule has 0 saturated carbocycles. The van der Waals surface area contributed by atoms with Crippen LogP contribution in [0.15, 0.2) is 23.7 Å². The highest BCUT2D eigenvalue weighted by Crippen LogP contribution is 2.34. The summed E-state index contributed by atoms with van der Waals surface area (Å²) in [5.41, 5.74) is 3.68. The molecule has 1 aromatic heterocycles. The molecule has 0 aliphatic carbocycles. The van der Waals surface area contributed by atoms with Crippen molar-refractivity contribution in [1.82, 2.24) is 4.98 Å². The molecule has 21 heavy (non-hydrogen) atoms. The van der Waals surface area contributed by atoms with Crippen LogP contribution in [0.2, 0.25) is 0 Å². The highest BCUT2D eigenvalue weighted by molar-refractivity contribution is 7.09. The highest BCUT2D eigenvalue weighted by atomic mass is 32.1. The van der Waals surface area contributed by atoms with Crippen LogP contribution in [0.3, 0.4) is 0 Å². The van der Waals surface area contributed by atoms with Gasteiger partial charge in [-0.3, -0.25) is 4.79 Å². The van der Waals surface area contributed by atoms with Crippen LogP contribution >= 0.6 is 11.3 Å². The molecule has 0 fully saturated rings. The minimum Gasteiger partial charge on any atom is -0.497 e. The quantitative estimate of drug-likeness (QED) is 0.736. The molecule has 112 valence electrons. The summed E-state index contributed by atoms with van der Waals surface area (Å²) in [5, 5.41) is 0. The van der Waals surface area contributed by atoms with Crippen LogP contribution in [0.25, 0.3) is 0 Å². The molecule has 0 N–H and O–H groups in total. The van der Waals surface area contributed by atoms with E-state index in [0.29, 0.717) is 18.0 Å². The number of benzene rings is 1. The van der Waals surface area contributed by atoms with Gasteiger partial charge in [-0.1, -0.05) is 0 Å². The molecular formula is C15H17NO4S. The largest absolute Gasteiger partial charge is 0.497 e. The van der Waals surface area contributed by atoms with Gasteiger partial charge in [0.15, 0.2) is 0 Å². The molecule has 2 aromatic rings. The summed E-state index contributed by atoms with van der Waals surface area (Å²) in [7, 11) is 3.21. The number of methoxy groups -OCH3 is 2. The topological polar surface area (TPSA) is 57.7 Å². The maximum Gasteiger partial charge on any atom is 0.293 e. The zero-order valence-electron chi connectivity index (χ0n) is 12.2. The Balaban J connectivity index is 2.45. The minimum atomic E-state index is -0.0910. The summed E-state index contributed by atoms with van der Waals surface area (Å²) in [6.45, 7) is 2.65. The molecule has 0 bridgehead atoms. The first-order chi connectivity index (χ1) is 10.2. The molecule has 0 radical (unpaired) electrons. The standard InChI is InChI=1S/C15H17NO4S/c1-10-15(21-8-16-10)14(7-20-9-17)11-4-12(18-2)6-13(5-11)19-3/h4-6,8-9,14H,7H2,1-3H3. The number of carbonyl (C=O) groups excluding carboxylic acids is 1. The van der Waals surface area contributed by atoms with Gasteiger partial charge < -0.3 is 14.2 Å². The van der Waals surface area contributed by atoms with Gasteiger partial charge in [-0.2, -0.15) is 0 Å². The fraction of sp³-hybridized carbons (Fsp3) is 0.333. The van der Waals surface area contributed by atoms with Gasteiger partial charge in [-0.15, -0.1) is 11.3 Å². The molecule has 1 aromatic carbocycles. The maximum atomic E-state index is 10.6. The molecule has 0 spiro atoms. The van der Waals surface area contributed by atoms with E-state index in [4.69, 9.17) is 14.2 Å². The summed E-state index contributed by atoms with van der Waals surface area (Å²) in [5.74, 6) is 1.30. The van der Waals surface area contributed by atoms with Crippen molar-refractivity contribution >= 4 is 17.8 Å². The predicted octanol–water partition coefficient (Wildman–Crippen LogP) is 2.77. The van der Waals surface area contributed by atoms with E-state index in [9.17, 15) is 4.79 Å². The van der Waals surface area contributed by atoms with E-state index in [2.05, 4.69) is 4.98 Å². The van der Waals surface area contributed by atoms with Gasteiger partial charge in [-0.25, -0.2) is 4.98 Å². The van der Waals surface area contributed by atoms with Crippen LogP contribution in [-0.2, 0) is 9.53 Å². The third-order valence-corrected chi connectivity index (χ3v) is 4.25. The number of nitrogens with zero attached hydrogens (tertiary/aromatic N) is 1. The van der Waals surface area contributed by atoms with Gasteiger partial charge in [0.1, 0.15) is 18.1 Å². The molecule has 1 heterocycles. The zero-order chi connectivity index (χ0) is 15.2. The second kappa shape index (κ2) is 7.08. The highest BCUT2D eigenvalue weighted by Gasteiger charge is 2.21. The summed E-state index contributed by atoms with van der Waals surface area (Å²) in [6, 6.07) is 5.64. The molecule has 0 aliphatic rings. The van der Waals surface area contributed by atoms with E-state index in [0.717, 1.165) is 16.1 Å². The number of rotatable bonds is 7. The van der Waals surface area contributed by atoms with E-state index in [1.54, 1.807) is 37.1 Å². The van der Waals surface area contributed by atoms with Crippen molar-refractivity contribution < 1.29 is 19.0 Å². The molecule has 1 unspecified atom stereocenters. The van der Waals surface area contributed by atoms with Crippen LogP contribution < -0.4 is 9.47 Å². The van der Waals surface area contributed by atoms with Crippen molar-refractivity contribution in [3.63, 3.8) is 0 Å². The van der Waals surface area contributed by atoms with E-state index >= 15 is 0 Å². The molecule has 2 rings (SSSR count). The number of hydrogen-bond donors (Lipinski definition) is 0. The number of ether oxygens (including phenoxy) is 3. The predicted molar refractivity (Wildman–Crippen MR) is 80.3 cm³/mol. The Labute approximate surface area is 127 Å². The van der Waals surface area contributed by atoms with Crippen LogP contribution in [0, 0.1) is 6.92 Å². The molecule has 0 aliphatic heterocycles. The third kappa shape index (κ3) is 3.52. The fourth-order valence-electron chi connectivity index (χ4n) is 2.13. The van der Waals surface area contributed by atoms with Gasteiger partial charge in [0, 0.05) is 10.9 Å². The Bertz CT molecular complexity index is 589. The second-order valence-electron chi connectivity index (χ2n) is 4.43. The van der Waals surface area contributed by atoms with Gasteiger partial charge in [0.05, 0.1) is 31.3 Å². The molecule has 6 heteroatoms. The molecule has 0 amide bonds. The number of aryl methyl sites for hydroxylation is 1. The maximum absolute atomic E-state index is 10.6. The lowest BCUT2D eigenvalue weighted by atomic mass is 9.96. The third-order valence-electron chi connectivity index (χ3n) is 3.21. The minimum absolute atomic E-state index is 0.0910. The van der Waals surface area contributed by atoms with E-state index < -0.39 is 0 Å². The Morgan fingerprint density at radius 3 is 2.38 bits per heavy atom. The van der Waals surface area contributed by atoms with Gasteiger partial charge in [-0.05, 0) is 24.6 Å². The second-order valence-corrected chi connectivity index (χ2v) is 5.32. The lowest BCUT2D eigenvalue weighted by Gasteiger charge is -2.17. The lowest BCUT2D eigenvalue weighted by Crippen LogP contribution is -2.09. The molecule has 1 atom stereocenters. The summed E-state index contributed by atoms with van der Waals surface area (Å²) in [6.07, 6.45) is 0. The van der Waals surface area contributed by atoms with Gasteiger partial charge in [0.25, 0.3) is 6.47 Å². The lowest BCUT2D eigenvalue weighted by molar-refractivity contribution is -0.128. The van der Waals surface area contributed by atoms with Crippen molar-refractivity contribution in [2.45, 2.75) is 12.8 Å². The van der Waals surface area contributed by atoms with E-state index in [-0.39, 0.29) is 12.5 Å². The summed E-state index contributed by atoms with van der Waals surface area (Å²) >= 11 is 1.54. The summed E-state index contributed by atoms with van der Waals surface area (Å²) < 4.78 is 15.6. The Morgan fingerprint density at radius 2 is 1.90 bits per heavy atom. The van der Waals surface area contributed by atoms with Crippen molar-refractivity contribution in [3.8, 4) is 11.5 Å². The van der Waals surface area contributed by atoms with Crippen molar-refractivity contribution in [3.05, 3.63) is 39.8 Å². The van der Waals surface area contributed by atoms with Crippen molar-refractivity contribution in [2.75, 3.05) is 20.8 Å². The van der Waals surface area contributed by atoms with Crippen LogP contribution in [0.4, 0.5) is 0 Å². The molecule has 0 saturated heterocycles. The number of hydrogen-bond acceptors (Lipinski definition) is 6. The average molecular weight is 307 g/mol. The smallest absolute Gasteiger partial charge is 0.293 e. The van der Waals surface area contributed by atoms with Crippen molar-refractivity contribution in [2.24, 2.45) is 0 Å². The fourth-order valence-corrected chi connectivity index (χ4v) is 3.05. The first kappa shape index (κ1) is 15.3. The first-order valence-electron chi connectivity index (χ1n) is 6.37. The average Bonchev–Trinajstić information content (AvgIpc) is 2.93. The van der Waals surface area contributed by atoms with Crippen molar-refractivity contribution in [1.29, 1.82) is 0 Å². The van der Waals surface area contributed by atoms with Crippen LogP contribution in [-0.4, -0.2) is 32.3 Å². The SMILES string of the molecule is COc1cc(OC)cc(C(COC=O)c2scnc2C)c1.